The first kappa shape index (κ1) is 34.8. The lowest BCUT2D eigenvalue weighted by Gasteiger charge is -2.46. The number of halogens is 3. The minimum Gasteiger partial charge on any atom is -0.332 e. The topological polar surface area (TPSA) is 93.3 Å². The van der Waals surface area contributed by atoms with Crippen LogP contribution < -0.4 is 5.32 Å². The van der Waals surface area contributed by atoms with E-state index >= 15 is 8.78 Å². The molecule has 2 atom stereocenters. The second kappa shape index (κ2) is 13.5. The molecule has 0 radical (unpaired) electrons. The second-order valence-corrected chi connectivity index (χ2v) is 15.7. The predicted molar refractivity (Wildman–Crippen MR) is 186 cm³/mol. The van der Waals surface area contributed by atoms with Gasteiger partial charge in [-0.15, -0.1) is 0 Å². The van der Waals surface area contributed by atoms with Gasteiger partial charge in [0, 0.05) is 68.4 Å². The number of amides is 4. The molecule has 0 spiro atoms. The summed E-state index contributed by atoms with van der Waals surface area (Å²) >= 11 is 6.18. The second-order valence-electron chi connectivity index (χ2n) is 15.3. The molecule has 2 aromatic rings. The number of nitrogens with one attached hydrogen (secondary N) is 1. The smallest absolute Gasteiger partial charge is 0.280 e. The van der Waals surface area contributed by atoms with E-state index in [2.05, 4.69) is 36.2 Å². The van der Waals surface area contributed by atoms with Gasteiger partial charge in [-0.2, -0.15) is 0 Å². The van der Waals surface area contributed by atoms with Gasteiger partial charge in [-0.1, -0.05) is 49.2 Å². The van der Waals surface area contributed by atoms with E-state index in [0.717, 1.165) is 25.8 Å². The molecule has 1 N–H and O–H groups in total. The molecular formula is C38H44ClF2N5O4. The summed E-state index contributed by atoms with van der Waals surface area (Å²) in [7, 11) is 0. The maximum atomic E-state index is 15.9. The van der Waals surface area contributed by atoms with Gasteiger partial charge in [-0.25, -0.2) is 8.78 Å². The molecule has 2 aromatic carbocycles. The SMILES string of the molecule is CC1(C)CCC(CN2CCN(C3CCN(C(=O)c4cccc5c4CN(C4CCC(=O)NC4=O)C5=O)CC3(F)F)CC2)=C(c2ccc(Cl)cc2)C1. The molecule has 2 unspecified atom stereocenters. The third-order valence-corrected chi connectivity index (χ3v) is 11.6. The van der Waals surface area contributed by atoms with Gasteiger partial charge >= 0.3 is 0 Å². The number of hydrogen-bond donors (Lipinski definition) is 1. The van der Waals surface area contributed by atoms with Crippen LogP contribution in [-0.2, 0) is 16.1 Å². The van der Waals surface area contributed by atoms with Crippen LogP contribution in [-0.4, -0.2) is 107 Å². The zero-order chi connectivity index (χ0) is 35.4. The number of piperidine rings is 2. The van der Waals surface area contributed by atoms with Crippen LogP contribution >= 0.6 is 11.6 Å². The first-order valence-corrected chi connectivity index (χ1v) is 18.0. The maximum Gasteiger partial charge on any atom is 0.280 e. The third-order valence-electron chi connectivity index (χ3n) is 11.3. The van der Waals surface area contributed by atoms with Crippen molar-refractivity contribution in [1.82, 2.24) is 24.9 Å². The Balaban J connectivity index is 0.982. The summed E-state index contributed by atoms with van der Waals surface area (Å²) in [5, 5.41) is 2.99. The van der Waals surface area contributed by atoms with Crippen LogP contribution in [0, 0.1) is 5.41 Å². The number of nitrogens with zero attached hydrogens (tertiary/aromatic N) is 4. The predicted octanol–water partition coefficient (Wildman–Crippen LogP) is 5.23. The van der Waals surface area contributed by atoms with Crippen molar-refractivity contribution in [3.63, 3.8) is 0 Å². The normalized spacial score (nSPS) is 25.9. The average Bonchev–Trinajstić information content (AvgIpc) is 3.41. The van der Waals surface area contributed by atoms with Gasteiger partial charge < -0.3 is 9.80 Å². The fourth-order valence-electron chi connectivity index (χ4n) is 8.47. The van der Waals surface area contributed by atoms with Crippen molar-refractivity contribution in [3.8, 4) is 0 Å². The van der Waals surface area contributed by atoms with Crippen LogP contribution in [0.25, 0.3) is 5.57 Å². The monoisotopic (exact) mass is 707 g/mol. The van der Waals surface area contributed by atoms with Crippen LogP contribution in [0.5, 0.6) is 0 Å². The molecule has 1 aliphatic carbocycles. The largest absolute Gasteiger partial charge is 0.332 e. The average molecular weight is 708 g/mol. The number of carbonyl (C=O) groups is 4. The van der Waals surface area contributed by atoms with Crippen LogP contribution in [0.3, 0.4) is 0 Å². The minimum absolute atomic E-state index is 0.00928. The molecule has 9 nitrogen and oxygen atoms in total. The number of allylic oxidation sites excluding steroid dienone is 1. The first-order chi connectivity index (χ1) is 23.8. The molecule has 0 aromatic heterocycles. The van der Waals surface area contributed by atoms with Crippen molar-refractivity contribution in [2.45, 2.75) is 76.9 Å². The lowest BCUT2D eigenvalue weighted by molar-refractivity contribution is -0.136. The van der Waals surface area contributed by atoms with Gasteiger partial charge in [0.1, 0.15) is 6.04 Å². The Kier molecular flexibility index (Phi) is 9.36. The van der Waals surface area contributed by atoms with Crippen molar-refractivity contribution in [1.29, 1.82) is 0 Å². The summed E-state index contributed by atoms with van der Waals surface area (Å²) in [6, 6.07) is 11.0. The van der Waals surface area contributed by atoms with Gasteiger partial charge in [0.2, 0.25) is 11.8 Å². The Morgan fingerprint density at radius 3 is 2.40 bits per heavy atom. The molecule has 0 bridgehead atoms. The van der Waals surface area contributed by atoms with Crippen LogP contribution in [0.4, 0.5) is 8.78 Å². The Morgan fingerprint density at radius 2 is 1.70 bits per heavy atom. The molecule has 12 heteroatoms. The van der Waals surface area contributed by atoms with Crippen LogP contribution in [0.2, 0.25) is 5.02 Å². The summed E-state index contributed by atoms with van der Waals surface area (Å²) in [4.78, 5) is 58.0. The van der Waals surface area contributed by atoms with Crippen molar-refractivity contribution < 1.29 is 28.0 Å². The zero-order valence-electron chi connectivity index (χ0n) is 28.7. The Hall–Kier alpha value is -3.67. The van der Waals surface area contributed by atoms with E-state index in [1.165, 1.54) is 26.5 Å². The van der Waals surface area contributed by atoms with Crippen molar-refractivity contribution in [2.75, 3.05) is 45.8 Å². The Morgan fingerprint density at radius 1 is 0.960 bits per heavy atom. The number of benzene rings is 2. The fraction of sp³-hybridized carbons (Fsp3) is 0.526. The van der Waals surface area contributed by atoms with E-state index in [9.17, 15) is 19.2 Å². The Bertz CT molecular complexity index is 1740. The van der Waals surface area contributed by atoms with Crippen molar-refractivity contribution >= 4 is 40.8 Å². The summed E-state index contributed by atoms with van der Waals surface area (Å²) in [5.41, 5.74) is 5.14. The van der Waals surface area contributed by atoms with E-state index in [1.54, 1.807) is 18.2 Å². The number of fused-ring (bicyclic) bond motifs is 1. The van der Waals surface area contributed by atoms with E-state index in [-0.39, 0.29) is 54.8 Å². The van der Waals surface area contributed by atoms with Gasteiger partial charge in [0.25, 0.3) is 17.7 Å². The molecule has 50 heavy (non-hydrogen) atoms. The Labute approximate surface area is 296 Å². The number of likely N-dealkylation sites (tertiary alicyclic amines) is 1. The lowest BCUT2D eigenvalue weighted by Crippen LogP contribution is -2.62. The minimum atomic E-state index is -3.11. The number of carbonyl (C=O) groups excluding carboxylic acids is 4. The van der Waals surface area contributed by atoms with E-state index in [1.807, 2.05) is 17.0 Å². The van der Waals surface area contributed by atoms with Crippen molar-refractivity contribution in [3.05, 3.63) is 75.3 Å². The van der Waals surface area contributed by atoms with Gasteiger partial charge in [0.05, 0.1) is 12.6 Å². The summed E-state index contributed by atoms with van der Waals surface area (Å²) in [5.74, 6) is -4.99. The highest BCUT2D eigenvalue weighted by molar-refractivity contribution is 6.30. The summed E-state index contributed by atoms with van der Waals surface area (Å²) in [6.45, 7) is 7.41. The number of hydrogen-bond acceptors (Lipinski definition) is 6. The van der Waals surface area contributed by atoms with Crippen molar-refractivity contribution in [2.24, 2.45) is 5.41 Å². The number of rotatable bonds is 6. The number of alkyl halides is 2. The maximum absolute atomic E-state index is 15.9. The number of imide groups is 1. The van der Waals surface area contributed by atoms with E-state index < -0.39 is 42.3 Å². The molecule has 266 valence electrons. The third kappa shape index (κ3) is 6.84. The molecule has 3 fully saturated rings. The molecular weight excluding hydrogens is 664 g/mol. The number of piperazine rings is 1. The van der Waals surface area contributed by atoms with Gasteiger partial charge in [-0.05, 0) is 78.5 Å². The standard InChI is InChI=1S/C38H44ClF2N5O4/c1-37(2)14-12-25(29(20-37)24-6-8-26(39)9-7-24)21-43-16-18-44(19-17-43)32-13-15-45(23-38(32,40)41)35(49)27-4-3-5-28-30(27)22-46(36(28)50)31-10-11-33(47)42-34(31)48/h3-9,31-32H,10-23H2,1-2H3,(H,42,47,48). The van der Waals surface area contributed by atoms with E-state index in [0.29, 0.717) is 36.8 Å². The first-order valence-electron chi connectivity index (χ1n) is 17.7. The molecule has 7 rings (SSSR count). The highest BCUT2D eigenvalue weighted by Gasteiger charge is 2.50. The molecule has 4 amide bonds. The van der Waals surface area contributed by atoms with Gasteiger partial charge in [-0.3, -0.25) is 34.3 Å². The molecule has 4 heterocycles. The molecule has 5 aliphatic rings. The van der Waals surface area contributed by atoms with Crippen LogP contribution in [0.1, 0.15) is 84.2 Å². The zero-order valence-corrected chi connectivity index (χ0v) is 29.4. The fourth-order valence-corrected chi connectivity index (χ4v) is 8.60. The highest BCUT2D eigenvalue weighted by atomic mass is 35.5. The van der Waals surface area contributed by atoms with Gasteiger partial charge in [0.15, 0.2) is 0 Å². The van der Waals surface area contributed by atoms with Crippen LogP contribution in [0.15, 0.2) is 48.0 Å². The summed E-state index contributed by atoms with van der Waals surface area (Å²) < 4.78 is 31.8. The highest BCUT2D eigenvalue weighted by Crippen LogP contribution is 2.43. The summed E-state index contributed by atoms with van der Waals surface area (Å²) in [6.07, 6.45) is 3.59. The lowest BCUT2D eigenvalue weighted by atomic mass is 9.72. The molecule has 0 saturated carbocycles. The molecule has 4 aliphatic heterocycles. The van der Waals surface area contributed by atoms with E-state index in [4.69, 9.17) is 11.6 Å². The molecule has 3 saturated heterocycles. The quantitative estimate of drug-likeness (QED) is 0.414.